The van der Waals surface area contributed by atoms with E-state index in [9.17, 15) is 17.2 Å². The molecule has 4 rings (SSSR count). The maximum absolute atomic E-state index is 13.0. The van der Waals surface area contributed by atoms with Crippen LogP contribution in [0.4, 0.5) is 14.6 Å². The van der Waals surface area contributed by atoms with Gasteiger partial charge >= 0.3 is 0 Å². The molecule has 1 saturated heterocycles. The van der Waals surface area contributed by atoms with Crippen molar-refractivity contribution in [1.29, 1.82) is 0 Å². The molecule has 154 valence electrons. The van der Waals surface area contributed by atoms with Crippen LogP contribution in [0.2, 0.25) is 0 Å². The number of sulfonamides is 1. The molecule has 0 aromatic carbocycles. The zero-order valence-corrected chi connectivity index (χ0v) is 16.4. The Morgan fingerprint density at radius 2 is 2.07 bits per heavy atom. The van der Waals surface area contributed by atoms with E-state index in [0.29, 0.717) is 29.4 Å². The molecular weight excluding hydrogens is 404 g/mol. The summed E-state index contributed by atoms with van der Waals surface area (Å²) in [5, 5.41) is 3.96. The summed E-state index contributed by atoms with van der Waals surface area (Å²) in [6, 6.07) is 4.24. The number of anilines is 1. The van der Waals surface area contributed by atoms with Crippen molar-refractivity contribution in [2.75, 3.05) is 24.2 Å². The van der Waals surface area contributed by atoms with Gasteiger partial charge in [0.25, 0.3) is 6.43 Å². The van der Waals surface area contributed by atoms with Crippen LogP contribution in [0.1, 0.15) is 25.0 Å². The summed E-state index contributed by atoms with van der Waals surface area (Å²) in [5.41, 5.74) is 1.03. The summed E-state index contributed by atoms with van der Waals surface area (Å²) < 4.78 is 53.1. The van der Waals surface area contributed by atoms with E-state index in [1.165, 1.54) is 29.2 Å². The predicted octanol–water partition coefficient (Wildman–Crippen LogP) is 1.64. The van der Waals surface area contributed by atoms with Crippen molar-refractivity contribution in [2.45, 2.75) is 25.3 Å². The first-order valence-electron chi connectivity index (χ1n) is 8.97. The molecule has 29 heavy (non-hydrogen) atoms. The van der Waals surface area contributed by atoms with E-state index in [4.69, 9.17) is 0 Å². The molecule has 1 aliphatic rings. The van der Waals surface area contributed by atoms with Gasteiger partial charge in [0.1, 0.15) is 23.5 Å². The molecule has 3 aromatic heterocycles. The monoisotopic (exact) mass is 423 g/mol. The van der Waals surface area contributed by atoms with Crippen molar-refractivity contribution in [3.05, 3.63) is 36.4 Å². The fourth-order valence-corrected chi connectivity index (χ4v) is 4.22. The summed E-state index contributed by atoms with van der Waals surface area (Å²) in [4.78, 5) is 14.7. The molecule has 9 nitrogen and oxygen atoms in total. The van der Waals surface area contributed by atoms with Crippen molar-refractivity contribution in [3.63, 3.8) is 0 Å². The highest BCUT2D eigenvalue weighted by molar-refractivity contribution is 7.88. The number of fused-ring (bicyclic) bond motifs is 1. The van der Waals surface area contributed by atoms with Gasteiger partial charge in [-0.1, -0.05) is 0 Å². The fourth-order valence-electron chi connectivity index (χ4n) is 3.42. The predicted molar refractivity (Wildman–Crippen MR) is 102 cm³/mol. The average molecular weight is 423 g/mol. The number of aromatic nitrogens is 5. The Labute approximate surface area is 165 Å². The smallest absolute Gasteiger partial charge is 0.282 e. The first-order valence-corrected chi connectivity index (χ1v) is 10.9. The lowest BCUT2D eigenvalue weighted by Gasteiger charge is -2.33. The molecule has 3 aromatic rings. The molecule has 4 heterocycles. The lowest BCUT2D eigenvalue weighted by atomic mass is 10.1. The van der Waals surface area contributed by atoms with E-state index in [-0.39, 0.29) is 11.7 Å². The lowest BCUT2D eigenvalue weighted by Crippen LogP contribution is -2.47. The molecule has 1 aliphatic heterocycles. The minimum absolute atomic E-state index is 0.205. The van der Waals surface area contributed by atoms with Crippen LogP contribution < -0.4 is 9.62 Å². The van der Waals surface area contributed by atoms with Gasteiger partial charge in [-0.3, -0.25) is 0 Å². The first kappa shape index (κ1) is 19.6. The van der Waals surface area contributed by atoms with Crippen molar-refractivity contribution >= 4 is 21.5 Å². The maximum Gasteiger partial charge on any atom is 0.282 e. The van der Waals surface area contributed by atoms with Gasteiger partial charge in [0, 0.05) is 25.2 Å². The van der Waals surface area contributed by atoms with Crippen LogP contribution in [0.5, 0.6) is 0 Å². The Morgan fingerprint density at radius 3 is 2.83 bits per heavy atom. The molecule has 1 N–H and O–H groups in total. The highest BCUT2D eigenvalue weighted by Gasteiger charge is 2.24. The number of hydrogen-bond acceptors (Lipinski definition) is 7. The largest absolute Gasteiger partial charge is 0.355 e. The number of alkyl halides is 2. The molecule has 1 fully saturated rings. The maximum atomic E-state index is 13.0. The van der Waals surface area contributed by atoms with E-state index in [1.807, 2.05) is 4.90 Å². The normalized spacial score (nSPS) is 17.9. The van der Waals surface area contributed by atoms with Gasteiger partial charge in [0.2, 0.25) is 10.0 Å². The standard InChI is InChI=1S/C17H19F2N7O2S/c1-29(27,28)24-11-3-2-6-25(9-11)16-7-13(21-10-22-16)14-8-20-15-5-4-12(17(18)19)23-26(14)15/h4-5,7-8,10-11,17,24H,2-3,6,9H2,1H3/t11-/m0/s1. The van der Waals surface area contributed by atoms with Gasteiger partial charge in [-0.2, -0.15) is 5.10 Å². The van der Waals surface area contributed by atoms with Crippen molar-refractivity contribution < 1.29 is 17.2 Å². The van der Waals surface area contributed by atoms with E-state index in [1.54, 1.807) is 6.07 Å². The molecule has 0 saturated carbocycles. The van der Waals surface area contributed by atoms with Crippen LogP contribution in [0.3, 0.4) is 0 Å². The van der Waals surface area contributed by atoms with Gasteiger partial charge in [-0.15, -0.1) is 0 Å². The average Bonchev–Trinajstić information content (AvgIpc) is 3.10. The van der Waals surface area contributed by atoms with Crippen LogP contribution in [0.25, 0.3) is 17.0 Å². The third kappa shape index (κ3) is 4.32. The van der Waals surface area contributed by atoms with Gasteiger partial charge in [0.15, 0.2) is 5.65 Å². The second-order valence-corrected chi connectivity index (χ2v) is 8.69. The molecule has 0 radical (unpaired) electrons. The summed E-state index contributed by atoms with van der Waals surface area (Å²) in [5.74, 6) is 0.620. The Morgan fingerprint density at radius 1 is 1.24 bits per heavy atom. The lowest BCUT2D eigenvalue weighted by molar-refractivity contribution is 0.144. The van der Waals surface area contributed by atoms with Crippen LogP contribution >= 0.6 is 0 Å². The molecule has 0 unspecified atom stereocenters. The first-order chi connectivity index (χ1) is 13.8. The topological polar surface area (TPSA) is 105 Å². The van der Waals surface area contributed by atoms with Gasteiger partial charge < -0.3 is 4.90 Å². The van der Waals surface area contributed by atoms with Crippen LogP contribution in [-0.2, 0) is 10.0 Å². The van der Waals surface area contributed by atoms with Gasteiger partial charge in [0.05, 0.1) is 18.1 Å². The molecular formula is C17H19F2N7O2S. The Bertz CT molecular complexity index is 1140. The van der Waals surface area contributed by atoms with Gasteiger partial charge in [-0.05, 0) is 25.0 Å². The third-order valence-electron chi connectivity index (χ3n) is 4.65. The zero-order valence-electron chi connectivity index (χ0n) is 15.5. The van der Waals surface area contributed by atoms with Crippen LogP contribution in [-0.4, -0.2) is 58.4 Å². The number of hydrogen-bond donors (Lipinski definition) is 1. The number of halogens is 2. The molecule has 1 atom stereocenters. The highest BCUT2D eigenvalue weighted by Crippen LogP contribution is 2.25. The Kier molecular flexibility index (Phi) is 5.13. The molecule has 12 heteroatoms. The van der Waals surface area contributed by atoms with E-state index in [2.05, 4.69) is 24.8 Å². The number of nitrogens with zero attached hydrogens (tertiary/aromatic N) is 6. The number of nitrogens with one attached hydrogen (secondary N) is 1. The van der Waals surface area contributed by atoms with E-state index >= 15 is 0 Å². The van der Waals surface area contributed by atoms with Crippen molar-refractivity contribution in [2.24, 2.45) is 0 Å². The Balaban J connectivity index is 1.64. The number of imidazole rings is 1. The molecule has 0 spiro atoms. The summed E-state index contributed by atoms with van der Waals surface area (Å²) >= 11 is 0. The third-order valence-corrected chi connectivity index (χ3v) is 5.41. The minimum atomic E-state index is -3.30. The minimum Gasteiger partial charge on any atom is -0.355 e. The molecule has 0 bridgehead atoms. The molecule has 0 amide bonds. The number of piperidine rings is 1. The Hall–Kier alpha value is -2.73. The molecule has 0 aliphatic carbocycles. The number of rotatable bonds is 5. The van der Waals surface area contributed by atoms with Crippen LogP contribution in [0.15, 0.2) is 30.7 Å². The second-order valence-electron chi connectivity index (χ2n) is 6.91. The zero-order chi connectivity index (χ0) is 20.6. The fraction of sp³-hybridized carbons (Fsp3) is 0.412. The quantitative estimate of drug-likeness (QED) is 0.665. The summed E-state index contributed by atoms with van der Waals surface area (Å²) in [6.07, 6.45) is 2.90. The summed E-state index contributed by atoms with van der Waals surface area (Å²) in [7, 11) is -3.30. The SMILES string of the molecule is CS(=O)(=O)N[C@H]1CCCN(c2cc(-c3cnc4ccc(C(F)F)nn34)ncn2)C1. The van der Waals surface area contributed by atoms with E-state index in [0.717, 1.165) is 25.6 Å². The highest BCUT2D eigenvalue weighted by atomic mass is 32.2. The van der Waals surface area contributed by atoms with Crippen LogP contribution in [0, 0.1) is 0 Å². The second kappa shape index (κ2) is 7.59. The van der Waals surface area contributed by atoms with Gasteiger partial charge in [-0.25, -0.2) is 41.4 Å². The summed E-state index contributed by atoms with van der Waals surface area (Å²) in [6.45, 7) is 1.20. The van der Waals surface area contributed by atoms with E-state index < -0.39 is 16.4 Å². The van der Waals surface area contributed by atoms with Crippen molar-refractivity contribution in [3.8, 4) is 11.4 Å². The van der Waals surface area contributed by atoms with Crippen molar-refractivity contribution in [1.82, 2.24) is 29.3 Å².